The molecule has 0 saturated carbocycles. The molecule has 6 heteroatoms. The Balaban J connectivity index is 2.15. The first-order valence-electron chi connectivity index (χ1n) is 7.41. The molecular formula is C17H17FN2O3. The molecule has 3 rings (SSSR count). The van der Waals surface area contributed by atoms with Gasteiger partial charge < -0.3 is 15.0 Å². The molecular weight excluding hydrogens is 299 g/mol. The highest BCUT2D eigenvalue weighted by molar-refractivity contribution is 6.05. The van der Waals surface area contributed by atoms with E-state index >= 15 is 0 Å². The van der Waals surface area contributed by atoms with Crippen molar-refractivity contribution in [1.82, 2.24) is 4.57 Å². The summed E-state index contributed by atoms with van der Waals surface area (Å²) in [6, 6.07) is 4.67. The first kappa shape index (κ1) is 15.3. The van der Waals surface area contributed by atoms with Crippen LogP contribution >= 0.6 is 0 Å². The van der Waals surface area contributed by atoms with Gasteiger partial charge in [0.1, 0.15) is 17.2 Å². The molecule has 1 aliphatic rings. The monoisotopic (exact) mass is 316 g/mol. The molecule has 1 aromatic heterocycles. The number of carboxylic acid groups (broad SMARTS) is 1. The third-order valence-corrected chi connectivity index (χ3v) is 4.18. The molecule has 0 spiro atoms. The second kappa shape index (κ2) is 5.53. The Morgan fingerprint density at radius 3 is 2.74 bits per heavy atom. The van der Waals surface area contributed by atoms with E-state index < -0.39 is 11.8 Å². The summed E-state index contributed by atoms with van der Waals surface area (Å²) in [5.74, 6) is -1.42. The predicted molar refractivity (Wildman–Crippen MR) is 84.1 cm³/mol. The van der Waals surface area contributed by atoms with Gasteiger partial charge in [0.2, 0.25) is 0 Å². The molecule has 1 aromatic carbocycles. The van der Waals surface area contributed by atoms with Gasteiger partial charge in [-0.3, -0.25) is 4.79 Å². The number of benzene rings is 1. The number of nitrogens with one attached hydrogen (secondary N) is 1. The number of anilines is 2. The number of hydrogen-bond acceptors (Lipinski definition) is 3. The molecule has 120 valence electrons. The van der Waals surface area contributed by atoms with Gasteiger partial charge in [0, 0.05) is 13.5 Å². The Morgan fingerprint density at radius 1 is 1.35 bits per heavy atom. The summed E-state index contributed by atoms with van der Waals surface area (Å²) in [5, 5.41) is 12.4. The summed E-state index contributed by atoms with van der Waals surface area (Å²) in [6.07, 6.45) is 1.57. The number of carboxylic acids is 1. The van der Waals surface area contributed by atoms with Crippen molar-refractivity contribution in [1.29, 1.82) is 0 Å². The number of aryl methyl sites for hydroxylation is 1. The van der Waals surface area contributed by atoms with E-state index in [-0.39, 0.29) is 22.9 Å². The molecule has 0 radical (unpaired) electrons. The third-order valence-electron chi connectivity index (χ3n) is 4.18. The maximum absolute atomic E-state index is 14.1. The summed E-state index contributed by atoms with van der Waals surface area (Å²) in [4.78, 5) is 23.8. The van der Waals surface area contributed by atoms with Crippen LogP contribution in [0, 0.1) is 12.7 Å². The van der Waals surface area contributed by atoms with Crippen LogP contribution in [0.3, 0.4) is 0 Å². The van der Waals surface area contributed by atoms with E-state index in [2.05, 4.69) is 5.32 Å². The average molecular weight is 316 g/mol. The number of rotatable bonds is 3. The van der Waals surface area contributed by atoms with Crippen molar-refractivity contribution in [3.05, 3.63) is 46.4 Å². The predicted octanol–water partition coefficient (Wildman–Crippen LogP) is 3.43. The molecule has 1 aliphatic carbocycles. The fourth-order valence-corrected chi connectivity index (χ4v) is 3.11. The lowest BCUT2D eigenvalue weighted by molar-refractivity contribution is 0.0697. The molecule has 0 bridgehead atoms. The van der Waals surface area contributed by atoms with Crippen LogP contribution in [0.5, 0.6) is 0 Å². The van der Waals surface area contributed by atoms with E-state index in [0.29, 0.717) is 30.5 Å². The molecule has 2 aromatic rings. The van der Waals surface area contributed by atoms with Crippen molar-refractivity contribution in [2.45, 2.75) is 26.2 Å². The molecule has 0 atom stereocenters. The van der Waals surface area contributed by atoms with E-state index in [4.69, 9.17) is 0 Å². The molecule has 23 heavy (non-hydrogen) atoms. The van der Waals surface area contributed by atoms with E-state index in [9.17, 15) is 19.1 Å². The lowest BCUT2D eigenvalue weighted by Gasteiger charge is -2.13. The van der Waals surface area contributed by atoms with Crippen molar-refractivity contribution in [3.8, 4) is 0 Å². The minimum absolute atomic E-state index is 0.0514. The van der Waals surface area contributed by atoms with Crippen molar-refractivity contribution >= 4 is 23.3 Å². The first-order valence-corrected chi connectivity index (χ1v) is 7.41. The van der Waals surface area contributed by atoms with Crippen molar-refractivity contribution in [2.75, 3.05) is 5.32 Å². The van der Waals surface area contributed by atoms with Gasteiger partial charge in [-0.15, -0.1) is 0 Å². The number of carbonyl (C=O) groups excluding carboxylic acids is 1. The maximum Gasteiger partial charge on any atom is 0.339 e. The highest BCUT2D eigenvalue weighted by Crippen LogP contribution is 2.34. The van der Waals surface area contributed by atoms with Gasteiger partial charge in [-0.05, 0) is 43.0 Å². The summed E-state index contributed by atoms with van der Waals surface area (Å²) in [7, 11) is 1.63. The highest BCUT2D eigenvalue weighted by Gasteiger charge is 2.31. The van der Waals surface area contributed by atoms with E-state index in [1.54, 1.807) is 26.1 Å². The molecule has 0 saturated heterocycles. The molecule has 1 heterocycles. The topological polar surface area (TPSA) is 71.3 Å². The lowest BCUT2D eigenvalue weighted by atomic mass is 9.94. The Labute approximate surface area is 132 Å². The van der Waals surface area contributed by atoms with Crippen LogP contribution < -0.4 is 5.32 Å². The molecule has 0 fully saturated rings. The van der Waals surface area contributed by atoms with Gasteiger partial charge in [-0.2, -0.15) is 0 Å². The smallest absolute Gasteiger partial charge is 0.339 e. The van der Waals surface area contributed by atoms with Crippen LogP contribution in [0.2, 0.25) is 0 Å². The minimum atomic E-state index is -1.12. The number of ketones is 1. The molecule has 5 nitrogen and oxygen atoms in total. The van der Waals surface area contributed by atoms with Crippen LogP contribution in [0.15, 0.2) is 18.2 Å². The van der Waals surface area contributed by atoms with E-state index in [1.807, 2.05) is 0 Å². The summed E-state index contributed by atoms with van der Waals surface area (Å²) >= 11 is 0. The van der Waals surface area contributed by atoms with Gasteiger partial charge in [0.05, 0.1) is 11.4 Å². The van der Waals surface area contributed by atoms with Crippen LogP contribution in [-0.2, 0) is 13.5 Å². The van der Waals surface area contributed by atoms with E-state index in [1.165, 1.54) is 10.6 Å². The summed E-state index contributed by atoms with van der Waals surface area (Å²) < 4.78 is 15.6. The van der Waals surface area contributed by atoms with Crippen molar-refractivity contribution in [2.24, 2.45) is 7.05 Å². The SMILES string of the molecule is Cc1ccc(Nc2c(C(=O)O)c3c(n2C)C(=O)CCC3)c(F)c1. The molecule has 2 N–H and O–H groups in total. The van der Waals surface area contributed by atoms with Crippen LogP contribution in [0.4, 0.5) is 15.9 Å². The second-order valence-corrected chi connectivity index (χ2v) is 5.80. The van der Waals surface area contributed by atoms with Crippen molar-refractivity contribution < 1.29 is 19.1 Å². The quantitative estimate of drug-likeness (QED) is 0.910. The zero-order valence-electron chi connectivity index (χ0n) is 12.9. The lowest BCUT2D eigenvalue weighted by Crippen LogP contribution is -2.14. The number of hydrogen-bond donors (Lipinski definition) is 2. The molecule has 0 amide bonds. The largest absolute Gasteiger partial charge is 0.478 e. The van der Waals surface area contributed by atoms with E-state index in [0.717, 1.165) is 5.56 Å². The fraction of sp³-hybridized carbons (Fsp3) is 0.294. The van der Waals surface area contributed by atoms with Gasteiger partial charge >= 0.3 is 5.97 Å². The Hall–Kier alpha value is -2.63. The zero-order chi connectivity index (χ0) is 16.7. The maximum atomic E-state index is 14.1. The normalized spacial score (nSPS) is 13.8. The number of carbonyl (C=O) groups is 2. The third kappa shape index (κ3) is 2.50. The Kier molecular flexibility index (Phi) is 3.67. The van der Waals surface area contributed by atoms with Crippen molar-refractivity contribution in [3.63, 3.8) is 0 Å². The van der Waals surface area contributed by atoms with Crippen LogP contribution in [0.1, 0.15) is 44.8 Å². The minimum Gasteiger partial charge on any atom is -0.478 e. The Bertz CT molecular complexity index is 824. The fourth-order valence-electron chi connectivity index (χ4n) is 3.11. The average Bonchev–Trinajstić information content (AvgIpc) is 2.76. The van der Waals surface area contributed by atoms with Gasteiger partial charge in [0.15, 0.2) is 5.78 Å². The molecule has 0 aliphatic heterocycles. The summed E-state index contributed by atoms with van der Waals surface area (Å²) in [6.45, 7) is 1.77. The summed E-state index contributed by atoms with van der Waals surface area (Å²) in [5.41, 5.74) is 1.95. The van der Waals surface area contributed by atoms with Crippen LogP contribution in [-0.4, -0.2) is 21.4 Å². The van der Waals surface area contributed by atoms with Gasteiger partial charge in [-0.1, -0.05) is 6.07 Å². The zero-order valence-corrected chi connectivity index (χ0v) is 12.9. The molecule has 0 unspecified atom stereocenters. The Morgan fingerprint density at radius 2 is 2.09 bits per heavy atom. The first-order chi connectivity index (χ1) is 10.9. The number of Topliss-reactive ketones (excluding diaryl/α,β-unsaturated/α-hetero) is 1. The number of fused-ring (bicyclic) bond motifs is 1. The highest BCUT2D eigenvalue weighted by atomic mass is 19.1. The number of aromatic carboxylic acids is 1. The van der Waals surface area contributed by atoms with Gasteiger partial charge in [0.25, 0.3) is 0 Å². The number of aromatic nitrogens is 1. The number of nitrogens with zero attached hydrogens (tertiary/aromatic N) is 1. The standard InChI is InChI=1S/C17H17FN2O3/c1-9-6-7-12(11(18)8-9)19-16-14(17(22)23)10-4-3-5-13(21)15(10)20(16)2/h6-8,19H,3-5H2,1-2H3,(H,22,23). The van der Waals surface area contributed by atoms with Gasteiger partial charge in [-0.25, -0.2) is 9.18 Å². The van der Waals surface area contributed by atoms with Crippen LogP contribution in [0.25, 0.3) is 0 Å². The number of halogens is 1. The second-order valence-electron chi connectivity index (χ2n) is 5.80.